The second-order valence-corrected chi connectivity index (χ2v) is 7.85. The van der Waals surface area contributed by atoms with Gasteiger partial charge in [-0.2, -0.15) is 4.98 Å². The molecule has 1 aromatic heterocycles. The van der Waals surface area contributed by atoms with Crippen molar-refractivity contribution < 1.29 is 15.6 Å². The summed E-state index contributed by atoms with van der Waals surface area (Å²) in [5.74, 6) is 0.740. The van der Waals surface area contributed by atoms with E-state index in [0.717, 1.165) is 11.1 Å². The third-order valence-corrected chi connectivity index (χ3v) is 5.18. The van der Waals surface area contributed by atoms with Crippen LogP contribution in [0.2, 0.25) is 0 Å². The van der Waals surface area contributed by atoms with Gasteiger partial charge in [-0.05, 0) is 25.0 Å². The van der Waals surface area contributed by atoms with E-state index in [2.05, 4.69) is 9.97 Å². The first-order chi connectivity index (χ1) is 16.0. The molecule has 1 unspecified atom stereocenters. The zero-order chi connectivity index (χ0) is 23.2. The van der Waals surface area contributed by atoms with Crippen LogP contribution in [0.15, 0.2) is 67.0 Å². The highest BCUT2D eigenvalue weighted by atomic mass is 16.5. The van der Waals surface area contributed by atoms with Crippen LogP contribution >= 0.6 is 0 Å². The molecule has 3 aromatic rings. The average molecular weight is 434 g/mol. The van der Waals surface area contributed by atoms with Gasteiger partial charge in [-0.1, -0.05) is 60.7 Å². The second-order valence-electron chi connectivity index (χ2n) is 7.85. The Kier molecular flexibility index (Phi) is 6.43. The fourth-order valence-corrected chi connectivity index (χ4v) is 3.46. The highest BCUT2D eigenvalue weighted by Gasteiger charge is 2.31. The maximum atomic E-state index is 12.9. The standard InChI is InChI=1S/C25H28N4O3/c1-19(2)29-14-13-28(25(29)30)15-22-23(31-16-20-9-5-3-6-10-20)24(27-18-26-22)32-17-21-11-7-4-8-12-21/h3-12,18-19H,13-17H2,1-2H3/i14D. The number of ether oxygens (including phenoxy) is 2. The van der Waals surface area contributed by atoms with Gasteiger partial charge in [-0.3, -0.25) is 0 Å². The average Bonchev–Trinajstić information content (AvgIpc) is 3.11. The summed E-state index contributed by atoms with van der Waals surface area (Å²) in [5.41, 5.74) is 2.55. The summed E-state index contributed by atoms with van der Waals surface area (Å²) < 4.78 is 20.4. The van der Waals surface area contributed by atoms with Crippen molar-refractivity contribution in [2.24, 2.45) is 0 Å². The summed E-state index contributed by atoms with van der Waals surface area (Å²) in [4.78, 5) is 24.8. The number of hydrogen-bond donors (Lipinski definition) is 0. The number of amides is 2. The van der Waals surface area contributed by atoms with Crippen molar-refractivity contribution in [1.82, 2.24) is 19.8 Å². The summed E-state index contributed by atoms with van der Waals surface area (Å²) >= 11 is 0. The van der Waals surface area contributed by atoms with Gasteiger partial charge < -0.3 is 19.3 Å². The van der Waals surface area contributed by atoms with Crippen LogP contribution in [0, 0.1) is 0 Å². The molecule has 166 valence electrons. The van der Waals surface area contributed by atoms with Crippen LogP contribution in [0.25, 0.3) is 0 Å². The molecule has 2 amide bonds. The van der Waals surface area contributed by atoms with Gasteiger partial charge in [0.05, 0.1) is 7.92 Å². The Labute approximate surface area is 190 Å². The normalized spacial score (nSPS) is 16.4. The smallest absolute Gasteiger partial charge is 0.320 e. The van der Waals surface area contributed by atoms with E-state index >= 15 is 0 Å². The van der Waals surface area contributed by atoms with Crippen molar-refractivity contribution in [3.63, 3.8) is 0 Å². The zero-order valence-electron chi connectivity index (χ0n) is 19.3. The molecule has 1 aliphatic heterocycles. The molecule has 0 bridgehead atoms. The van der Waals surface area contributed by atoms with Crippen LogP contribution < -0.4 is 9.47 Å². The zero-order valence-corrected chi connectivity index (χ0v) is 18.3. The van der Waals surface area contributed by atoms with E-state index in [1.807, 2.05) is 74.5 Å². The van der Waals surface area contributed by atoms with Gasteiger partial charge in [-0.25, -0.2) is 9.78 Å². The summed E-state index contributed by atoms with van der Waals surface area (Å²) in [7, 11) is 0. The highest BCUT2D eigenvalue weighted by Crippen LogP contribution is 2.31. The Hall–Kier alpha value is -3.61. The maximum Gasteiger partial charge on any atom is 0.320 e. The van der Waals surface area contributed by atoms with Crippen molar-refractivity contribution >= 4 is 6.03 Å². The number of hydrogen-bond acceptors (Lipinski definition) is 5. The highest BCUT2D eigenvalue weighted by molar-refractivity contribution is 5.76. The Morgan fingerprint density at radius 3 is 2.19 bits per heavy atom. The number of urea groups is 1. The molecule has 0 N–H and O–H groups in total. The molecule has 0 saturated carbocycles. The van der Waals surface area contributed by atoms with E-state index in [0.29, 0.717) is 37.1 Å². The largest absolute Gasteiger partial charge is 0.482 e. The molecule has 32 heavy (non-hydrogen) atoms. The molecule has 7 heteroatoms. The van der Waals surface area contributed by atoms with Gasteiger partial charge in [0.2, 0.25) is 5.75 Å². The van der Waals surface area contributed by atoms with Crippen molar-refractivity contribution in [3.05, 3.63) is 83.8 Å². The molecular formula is C25H28N4O3. The van der Waals surface area contributed by atoms with Crippen LogP contribution in [-0.2, 0) is 19.8 Å². The fraction of sp³-hybridized carbons (Fsp3) is 0.320. The lowest BCUT2D eigenvalue weighted by molar-refractivity contribution is 0.180. The first-order valence-electron chi connectivity index (χ1n) is 11.3. The van der Waals surface area contributed by atoms with Gasteiger partial charge in [0.1, 0.15) is 25.2 Å². The van der Waals surface area contributed by atoms with Crippen LogP contribution in [-0.4, -0.2) is 44.9 Å². The third kappa shape index (κ3) is 5.17. The second kappa shape index (κ2) is 10.1. The first-order valence-corrected chi connectivity index (χ1v) is 10.7. The topological polar surface area (TPSA) is 67.8 Å². The van der Waals surface area contributed by atoms with E-state index in [-0.39, 0.29) is 18.6 Å². The Balaban J connectivity index is 1.57. The van der Waals surface area contributed by atoms with E-state index in [1.54, 1.807) is 9.80 Å². The molecule has 0 aliphatic carbocycles. The molecule has 2 heterocycles. The third-order valence-electron chi connectivity index (χ3n) is 5.18. The molecule has 1 fully saturated rings. The number of benzene rings is 2. The molecule has 0 spiro atoms. The number of carbonyl (C=O) groups excluding carboxylic acids is 1. The van der Waals surface area contributed by atoms with Crippen molar-refractivity contribution in [2.75, 3.05) is 13.1 Å². The van der Waals surface area contributed by atoms with Gasteiger partial charge in [0.15, 0.2) is 0 Å². The maximum absolute atomic E-state index is 12.9. The molecule has 0 radical (unpaired) electrons. The SMILES string of the molecule is [2H]C1CN(Cc2ncnc(OCc3ccccc3)c2OCc2ccccc2)C(=O)N1C(C)C. The van der Waals surface area contributed by atoms with Crippen LogP contribution in [0.1, 0.15) is 32.0 Å². The van der Waals surface area contributed by atoms with Gasteiger partial charge in [-0.15, -0.1) is 0 Å². The molecule has 7 nitrogen and oxygen atoms in total. The van der Waals surface area contributed by atoms with Crippen LogP contribution in [0.3, 0.4) is 0 Å². The number of nitrogens with zero attached hydrogens (tertiary/aromatic N) is 4. The molecular weight excluding hydrogens is 404 g/mol. The summed E-state index contributed by atoms with van der Waals surface area (Å²) in [6.07, 6.45) is 1.42. The van der Waals surface area contributed by atoms with Crippen molar-refractivity contribution in [1.29, 1.82) is 0 Å². The molecule has 2 aromatic carbocycles. The van der Waals surface area contributed by atoms with Gasteiger partial charge >= 0.3 is 6.03 Å². The van der Waals surface area contributed by atoms with Gasteiger partial charge in [0.25, 0.3) is 5.88 Å². The molecule has 1 saturated heterocycles. The fourth-order valence-electron chi connectivity index (χ4n) is 3.46. The van der Waals surface area contributed by atoms with Crippen LogP contribution in [0.5, 0.6) is 11.6 Å². The number of rotatable bonds is 9. The summed E-state index contributed by atoms with van der Waals surface area (Å²) in [6.45, 7) is 4.38. The predicted octanol–water partition coefficient (Wildman–Crippen LogP) is 4.28. The Bertz CT molecular complexity index is 1070. The van der Waals surface area contributed by atoms with E-state index in [9.17, 15) is 4.79 Å². The Morgan fingerprint density at radius 2 is 1.59 bits per heavy atom. The predicted molar refractivity (Wildman–Crippen MR) is 121 cm³/mol. The monoisotopic (exact) mass is 433 g/mol. The lowest BCUT2D eigenvalue weighted by atomic mass is 10.2. The van der Waals surface area contributed by atoms with E-state index in [1.165, 1.54) is 6.33 Å². The van der Waals surface area contributed by atoms with Crippen molar-refractivity contribution in [3.8, 4) is 11.6 Å². The van der Waals surface area contributed by atoms with Gasteiger partial charge in [0, 0.05) is 19.1 Å². The summed E-state index contributed by atoms with van der Waals surface area (Å²) in [5, 5.41) is 0. The molecule has 1 aliphatic rings. The first kappa shape index (κ1) is 20.3. The minimum absolute atomic E-state index is 0.0473. The van der Waals surface area contributed by atoms with E-state index < -0.39 is 6.52 Å². The number of aromatic nitrogens is 2. The van der Waals surface area contributed by atoms with E-state index in [4.69, 9.17) is 10.8 Å². The molecule has 1 atom stereocenters. The lowest BCUT2D eigenvalue weighted by Gasteiger charge is -2.22. The Morgan fingerprint density at radius 1 is 0.969 bits per heavy atom. The minimum atomic E-state index is -0.609. The molecule has 4 rings (SSSR count). The lowest BCUT2D eigenvalue weighted by Crippen LogP contribution is -2.36. The van der Waals surface area contributed by atoms with Crippen LogP contribution in [0.4, 0.5) is 4.79 Å². The number of carbonyl (C=O) groups is 1. The van der Waals surface area contributed by atoms with Crippen molar-refractivity contribution in [2.45, 2.75) is 39.6 Å². The minimum Gasteiger partial charge on any atom is -0.482 e. The summed E-state index contributed by atoms with van der Waals surface area (Å²) in [6, 6.07) is 19.4. The quantitative estimate of drug-likeness (QED) is 0.504.